The van der Waals surface area contributed by atoms with Crippen LogP contribution >= 0.6 is 0 Å². The van der Waals surface area contributed by atoms with E-state index in [4.69, 9.17) is 4.74 Å². The molecule has 0 unspecified atom stereocenters. The Labute approximate surface area is 98.6 Å². The molecule has 0 spiro atoms. The lowest BCUT2D eigenvalue weighted by Crippen LogP contribution is -2.18. The summed E-state index contributed by atoms with van der Waals surface area (Å²) in [5.41, 5.74) is 0.673. The van der Waals surface area contributed by atoms with Gasteiger partial charge in [-0.3, -0.25) is 4.79 Å². The second-order valence-electron chi connectivity index (χ2n) is 4.46. The van der Waals surface area contributed by atoms with E-state index < -0.39 is 0 Å². The zero-order valence-electron chi connectivity index (χ0n) is 9.69. The third-order valence-electron chi connectivity index (χ3n) is 3.42. The summed E-state index contributed by atoms with van der Waals surface area (Å²) >= 11 is 0. The van der Waals surface area contributed by atoms with Gasteiger partial charge in [0.2, 0.25) is 0 Å². The molecule has 0 aliphatic heterocycles. The van der Waals surface area contributed by atoms with E-state index >= 15 is 0 Å². The molecule has 4 heteroatoms. The summed E-state index contributed by atoms with van der Waals surface area (Å²) in [4.78, 5) is 19.4. The lowest BCUT2D eigenvalue weighted by Gasteiger charge is -2.24. The predicted octanol–water partition coefficient (Wildman–Crippen LogP) is 2.20. The van der Waals surface area contributed by atoms with E-state index in [9.17, 15) is 4.79 Å². The first kappa shape index (κ1) is 10.3. The third-order valence-corrected chi connectivity index (χ3v) is 3.42. The minimum Gasteiger partial charge on any atom is -0.497 e. The van der Waals surface area contributed by atoms with E-state index in [0.29, 0.717) is 17.1 Å². The maximum absolute atomic E-state index is 12.0. The zero-order chi connectivity index (χ0) is 11.8. The van der Waals surface area contributed by atoms with Gasteiger partial charge >= 0.3 is 0 Å². The van der Waals surface area contributed by atoms with Crippen molar-refractivity contribution in [3.8, 4) is 5.75 Å². The number of ether oxygens (including phenoxy) is 1. The summed E-state index contributed by atoms with van der Waals surface area (Å²) in [6.07, 6.45) is 3.49. The summed E-state index contributed by atoms with van der Waals surface area (Å²) in [5, 5.41) is 0.590. The molecule has 0 saturated heterocycles. The van der Waals surface area contributed by atoms with Crippen molar-refractivity contribution in [2.75, 3.05) is 7.11 Å². The molecule has 88 valence electrons. The smallest absolute Gasteiger partial charge is 0.258 e. The fourth-order valence-electron chi connectivity index (χ4n) is 2.14. The molecule has 1 heterocycles. The Hall–Kier alpha value is -1.84. The average Bonchev–Trinajstić information content (AvgIpc) is 2.26. The van der Waals surface area contributed by atoms with Gasteiger partial charge in [-0.2, -0.15) is 0 Å². The van der Waals surface area contributed by atoms with Crippen molar-refractivity contribution in [3.63, 3.8) is 0 Å². The molecular formula is C13H14N2O2. The molecule has 4 nitrogen and oxygen atoms in total. The van der Waals surface area contributed by atoms with E-state index in [-0.39, 0.29) is 5.56 Å². The highest BCUT2D eigenvalue weighted by Gasteiger charge is 2.22. The van der Waals surface area contributed by atoms with Crippen molar-refractivity contribution in [2.45, 2.75) is 25.2 Å². The second kappa shape index (κ2) is 3.87. The average molecular weight is 230 g/mol. The highest BCUT2D eigenvalue weighted by molar-refractivity contribution is 5.79. The highest BCUT2D eigenvalue weighted by Crippen LogP contribution is 2.34. The molecule has 0 radical (unpaired) electrons. The summed E-state index contributed by atoms with van der Waals surface area (Å²) in [7, 11) is 1.59. The Bertz CT molecular complexity index is 614. The number of methoxy groups -OCH3 is 1. The molecule has 3 rings (SSSR count). The topological polar surface area (TPSA) is 55.0 Å². The minimum atomic E-state index is -0.0733. The maximum atomic E-state index is 12.0. The molecule has 17 heavy (non-hydrogen) atoms. The first-order chi connectivity index (χ1) is 8.28. The van der Waals surface area contributed by atoms with Crippen LogP contribution in [-0.2, 0) is 0 Å². The summed E-state index contributed by atoms with van der Waals surface area (Å²) in [5.74, 6) is 1.95. The molecule has 0 atom stereocenters. The van der Waals surface area contributed by atoms with Gasteiger partial charge in [0.05, 0.1) is 18.0 Å². The van der Waals surface area contributed by atoms with Crippen molar-refractivity contribution in [2.24, 2.45) is 0 Å². The van der Waals surface area contributed by atoms with Gasteiger partial charge in [0.1, 0.15) is 11.6 Å². The van der Waals surface area contributed by atoms with Crippen LogP contribution in [0.3, 0.4) is 0 Å². The van der Waals surface area contributed by atoms with Crippen molar-refractivity contribution in [3.05, 3.63) is 34.4 Å². The number of hydrogen-bond acceptors (Lipinski definition) is 3. The molecule has 0 amide bonds. The van der Waals surface area contributed by atoms with Crippen LogP contribution in [0.5, 0.6) is 5.75 Å². The van der Waals surface area contributed by atoms with Crippen molar-refractivity contribution < 1.29 is 4.74 Å². The van der Waals surface area contributed by atoms with Gasteiger partial charge in [-0.25, -0.2) is 4.98 Å². The number of rotatable bonds is 2. The minimum absolute atomic E-state index is 0.0733. The van der Waals surface area contributed by atoms with Gasteiger partial charge in [-0.15, -0.1) is 0 Å². The first-order valence-corrected chi connectivity index (χ1v) is 5.86. The van der Waals surface area contributed by atoms with E-state index in [0.717, 1.165) is 24.2 Å². The Kier molecular flexibility index (Phi) is 2.35. The monoisotopic (exact) mass is 230 g/mol. The SMILES string of the molecule is COc1ccc2nc(C3CCC3)[nH]c(=O)c2c1. The standard InChI is InChI=1S/C13H14N2O2/c1-17-9-5-6-11-10(7-9)13(16)15-12(14-11)8-3-2-4-8/h5-8H,2-4H2,1H3,(H,14,15,16). The predicted molar refractivity (Wildman–Crippen MR) is 65.5 cm³/mol. The van der Waals surface area contributed by atoms with Crippen LogP contribution in [-0.4, -0.2) is 17.1 Å². The van der Waals surface area contributed by atoms with E-state index in [1.54, 1.807) is 13.2 Å². The molecular weight excluding hydrogens is 216 g/mol. The molecule has 2 aromatic rings. The lowest BCUT2D eigenvalue weighted by molar-refractivity contribution is 0.401. The number of benzene rings is 1. The summed E-state index contributed by atoms with van der Waals surface area (Å²) in [6, 6.07) is 5.40. The van der Waals surface area contributed by atoms with Gasteiger partial charge in [-0.1, -0.05) is 6.42 Å². The number of H-pyrrole nitrogens is 1. The van der Waals surface area contributed by atoms with Gasteiger partial charge in [0.15, 0.2) is 0 Å². The molecule has 1 aliphatic carbocycles. The Balaban J connectivity index is 2.16. The number of hydrogen-bond donors (Lipinski definition) is 1. The lowest BCUT2D eigenvalue weighted by atomic mass is 9.85. The van der Waals surface area contributed by atoms with Crippen molar-refractivity contribution in [1.82, 2.24) is 9.97 Å². The third kappa shape index (κ3) is 1.69. The second-order valence-corrected chi connectivity index (χ2v) is 4.46. The fraction of sp³-hybridized carbons (Fsp3) is 0.385. The number of aromatic amines is 1. The first-order valence-electron chi connectivity index (χ1n) is 5.86. The number of nitrogens with zero attached hydrogens (tertiary/aromatic N) is 1. The summed E-state index contributed by atoms with van der Waals surface area (Å²) in [6.45, 7) is 0. The number of nitrogens with one attached hydrogen (secondary N) is 1. The fourth-order valence-corrected chi connectivity index (χ4v) is 2.14. The van der Waals surface area contributed by atoms with Crippen LogP contribution in [0.25, 0.3) is 10.9 Å². The molecule has 0 bridgehead atoms. The van der Waals surface area contributed by atoms with Gasteiger partial charge in [0, 0.05) is 5.92 Å². The molecule has 1 saturated carbocycles. The van der Waals surface area contributed by atoms with Crippen molar-refractivity contribution >= 4 is 10.9 Å². The van der Waals surface area contributed by atoms with Crippen LogP contribution in [0.15, 0.2) is 23.0 Å². The zero-order valence-corrected chi connectivity index (χ0v) is 9.69. The molecule has 1 aliphatic rings. The Morgan fingerprint density at radius 1 is 1.41 bits per heavy atom. The van der Waals surface area contributed by atoms with Crippen molar-refractivity contribution in [1.29, 1.82) is 0 Å². The molecule has 1 aromatic carbocycles. The van der Waals surface area contributed by atoms with Gasteiger partial charge in [-0.05, 0) is 31.0 Å². The molecule has 1 fully saturated rings. The Morgan fingerprint density at radius 2 is 2.24 bits per heavy atom. The van der Waals surface area contributed by atoms with Gasteiger partial charge < -0.3 is 9.72 Å². The molecule has 1 N–H and O–H groups in total. The van der Waals surface area contributed by atoms with E-state index in [1.165, 1.54) is 6.42 Å². The van der Waals surface area contributed by atoms with Crippen LogP contribution in [0.4, 0.5) is 0 Å². The van der Waals surface area contributed by atoms with Crippen LogP contribution in [0, 0.1) is 0 Å². The largest absolute Gasteiger partial charge is 0.497 e. The van der Waals surface area contributed by atoms with Gasteiger partial charge in [0.25, 0.3) is 5.56 Å². The molecule has 1 aromatic heterocycles. The van der Waals surface area contributed by atoms with E-state index in [2.05, 4.69) is 9.97 Å². The van der Waals surface area contributed by atoms with Crippen LogP contribution in [0.2, 0.25) is 0 Å². The van der Waals surface area contributed by atoms with Crippen LogP contribution in [0.1, 0.15) is 31.0 Å². The van der Waals surface area contributed by atoms with Crippen LogP contribution < -0.4 is 10.3 Å². The summed E-state index contributed by atoms with van der Waals surface area (Å²) < 4.78 is 5.11. The van der Waals surface area contributed by atoms with E-state index in [1.807, 2.05) is 12.1 Å². The Morgan fingerprint density at radius 3 is 2.88 bits per heavy atom. The normalized spacial score (nSPS) is 15.8. The highest BCUT2D eigenvalue weighted by atomic mass is 16.5. The number of aromatic nitrogens is 2. The number of fused-ring (bicyclic) bond motifs is 1. The maximum Gasteiger partial charge on any atom is 0.258 e. The quantitative estimate of drug-likeness (QED) is 0.860.